The van der Waals surface area contributed by atoms with Gasteiger partial charge in [-0.1, -0.05) is 6.92 Å². The molecule has 0 spiro atoms. The Kier molecular flexibility index (Phi) is 5.42. The molecule has 0 atom stereocenters. The Labute approximate surface area is 99.5 Å². The molecule has 5 heteroatoms. The summed E-state index contributed by atoms with van der Waals surface area (Å²) >= 11 is 0. The zero-order chi connectivity index (χ0) is 12.7. The summed E-state index contributed by atoms with van der Waals surface area (Å²) in [7, 11) is 0. The highest BCUT2D eigenvalue weighted by molar-refractivity contribution is 5.95. The van der Waals surface area contributed by atoms with Crippen LogP contribution >= 0.6 is 0 Å². The molecule has 17 heavy (non-hydrogen) atoms. The van der Waals surface area contributed by atoms with Gasteiger partial charge in [0.15, 0.2) is 0 Å². The SMILES string of the molecule is CCCOCCOC(=O)c1cc(F)ccc1N. The molecule has 0 aliphatic rings. The van der Waals surface area contributed by atoms with Crippen molar-refractivity contribution < 1.29 is 18.7 Å². The number of nitrogen functional groups attached to an aromatic ring is 1. The molecule has 1 aromatic rings. The van der Waals surface area contributed by atoms with E-state index in [0.717, 1.165) is 12.5 Å². The Morgan fingerprint density at radius 2 is 2.12 bits per heavy atom. The maximum Gasteiger partial charge on any atom is 0.340 e. The quantitative estimate of drug-likeness (QED) is 0.470. The number of esters is 1. The van der Waals surface area contributed by atoms with Crippen LogP contribution in [0.25, 0.3) is 0 Å². The minimum atomic E-state index is -0.637. The molecule has 0 fully saturated rings. The predicted molar refractivity (Wildman–Crippen MR) is 62.2 cm³/mol. The van der Waals surface area contributed by atoms with Crippen molar-refractivity contribution in [3.63, 3.8) is 0 Å². The van der Waals surface area contributed by atoms with E-state index in [-0.39, 0.29) is 17.9 Å². The van der Waals surface area contributed by atoms with Gasteiger partial charge in [0.25, 0.3) is 0 Å². The van der Waals surface area contributed by atoms with Crippen LogP contribution in [0.5, 0.6) is 0 Å². The molecule has 0 unspecified atom stereocenters. The van der Waals surface area contributed by atoms with Crippen molar-refractivity contribution in [1.29, 1.82) is 0 Å². The highest BCUT2D eigenvalue weighted by atomic mass is 19.1. The summed E-state index contributed by atoms with van der Waals surface area (Å²) in [6, 6.07) is 3.58. The Hall–Kier alpha value is -1.62. The van der Waals surface area contributed by atoms with E-state index in [1.807, 2.05) is 6.92 Å². The minimum Gasteiger partial charge on any atom is -0.460 e. The number of hydrogen-bond donors (Lipinski definition) is 1. The van der Waals surface area contributed by atoms with Crippen molar-refractivity contribution >= 4 is 11.7 Å². The Balaban J connectivity index is 2.44. The van der Waals surface area contributed by atoms with E-state index in [9.17, 15) is 9.18 Å². The number of benzene rings is 1. The molecule has 0 aliphatic carbocycles. The zero-order valence-electron chi connectivity index (χ0n) is 9.74. The van der Waals surface area contributed by atoms with Gasteiger partial charge in [0.05, 0.1) is 12.2 Å². The fourth-order valence-corrected chi connectivity index (χ4v) is 1.22. The van der Waals surface area contributed by atoms with Crippen LogP contribution in [0.15, 0.2) is 18.2 Å². The molecular weight excluding hydrogens is 225 g/mol. The number of carbonyl (C=O) groups is 1. The van der Waals surface area contributed by atoms with Crippen LogP contribution in [0.1, 0.15) is 23.7 Å². The smallest absolute Gasteiger partial charge is 0.340 e. The third-order valence-corrected chi connectivity index (χ3v) is 2.04. The highest BCUT2D eigenvalue weighted by Crippen LogP contribution is 2.14. The van der Waals surface area contributed by atoms with Gasteiger partial charge in [0.2, 0.25) is 0 Å². The number of hydrogen-bond acceptors (Lipinski definition) is 4. The average molecular weight is 241 g/mol. The van der Waals surface area contributed by atoms with Gasteiger partial charge in [-0.2, -0.15) is 0 Å². The Bertz CT molecular complexity index is 382. The van der Waals surface area contributed by atoms with E-state index in [2.05, 4.69) is 0 Å². The lowest BCUT2D eigenvalue weighted by atomic mass is 10.2. The van der Waals surface area contributed by atoms with Crippen molar-refractivity contribution in [2.45, 2.75) is 13.3 Å². The first kappa shape index (κ1) is 13.4. The lowest BCUT2D eigenvalue weighted by molar-refractivity contribution is 0.0319. The average Bonchev–Trinajstić information content (AvgIpc) is 2.32. The van der Waals surface area contributed by atoms with E-state index in [0.29, 0.717) is 13.2 Å². The summed E-state index contributed by atoms with van der Waals surface area (Å²) in [5.41, 5.74) is 5.79. The van der Waals surface area contributed by atoms with Crippen LogP contribution in [0.3, 0.4) is 0 Å². The summed E-state index contributed by atoms with van der Waals surface area (Å²) < 4.78 is 22.9. The summed E-state index contributed by atoms with van der Waals surface area (Å²) in [4.78, 5) is 11.5. The zero-order valence-corrected chi connectivity index (χ0v) is 9.74. The van der Waals surface area contributed by atoms with Crippen LogP contribution in [0.4, 0.5) is 10.1 Å². The number of carbonyl (C=O) groups excluding carboxylic acids is 1. The minimum absolute atomic E-state index is 0.0421. The van der Waals surface area contributed by atoms with Gasteiger partial charge in [-0.25, -0.2) is 9.18 Å². The molecule has 0 radical (unpaired) electrons. The van der Waals surface area contributed by atoms with Crippen molar-refractivity contribution in [2.75, 3.05) is 25.6 Å². The lowest BCUT2D eigenvalue weighted by Gasteiger charge is -2.07. The van der Waals surface area contributed by atoms with Crippen LogP contribution in [0.2, 0.25) is 0 Å². The molecule has 1 aromatic carbocycles. The van der Waals surface area contributed by atoms with Gasteiger partial charge >= 0.3 is 5.97 Å². The van der Waals surface area contributed by atoms with E-state index < -0.39 is 11.8 Å². The third kappa shape index (κ3) is 4.40. The van der Waals surface area contributed by atoms with Crippen LogP contribution in [0, 0.1) is 5.82 Å². The summed E-state index contributed by atoms with van der Waals surface area (Å²) in [6.45, 7) is 3.07. The maximum atomic E-state index is 12.9. The predicted octanol–water partition coefficient (Wildman–Crippen LogP) is 1.99. The first-order valence-electron chi connectivity index (χ1n) is 5.45. The van der Waals surface area contributed by atoms with Crippen molar-refractivity contribution in [2.24, 2.45) is 0 Å². The van der Waals surface area contributed by atoms with E-state index in [1.165, 1.54) is 12.1 Å². The fraction of sp³-hybridized carbons (Fsp3) is 0.417. The van der Waals surface area contributed by atoms with Gasteiger partial charge in [0.1, 0.15) is 12.4 Å². The molecular formula is C12H16FNO3. The molecule has 2 N–H and O–H groups in total. The molecule has 0 heterocycles. The second-order valence-corrected chi connectivity index (χ2v) is 3.48. The van der Waals surface area contributed by atoms with E-state index >= 15 is 0 Å². The molecule has 1 rings (SSSR count). The molecule has 0 aromatic heterocycles. The monoisotopic (exact) mass is 241 g/mol. The van der Waals surface area contributed by atoms with Crippen molar-refractivity contribution in [1.82, 2.24) is 0 Å². The summed E-state index contributed by atoms with van der Waals surface area (Å²) in [6.07, 6.45) is 0.908. The first-order chi connectivity index (χ1) is 8.15. The number of anilines is 1. The normalized spacial score (nSPS) is 10.2. The highest BCUT2D eigenvalue weighted by Gasteiger charge is 2.11. The van der Waals surface area contributed by atoms with Gasteiger partial charge in [-0.3, -0.25) is 0 Å². The van der Waals surface area contributed by atoms with Crippen molar-refractivity contribution in [3.8, 4) is 0 Å². The molecule has 0 bridgehead atoms. The Morgan fingerprint density at radius 1 is 1.35 bits per heavy atom. The number of rotatable bonds is 6. The summed E-state index contributed by atoms with van der Waals surface area (Å²) in [5.74, 6) is -1.16. The van der Waals surface area contributed by atoms with Gasteiger partial charge < -0.3 is 15.2 Å². The van der Waals surface area contributed by atoms with E-state index in [1.54, 1.807) is 0 Å². The number of halogens is 1. The standard InChI is InChI=1S/C12H16FNO3/c1-2-5-16-6-7-17-12(15)10-8-9(13)3-4-11(10)14/h3-4,8H,2,5-7,14H2,1H3. The summed E-state index contributed by atoms with van der Waals surface area (Å²) in [5, 5.41) is 0. The Morgan fingerprint density at radius 3 is 2.82 bits per heavy atom. The van der Waals surface area contributed by atoms with Gasteiger partial charge in [-0.15, -0.1) is 0 Å². The fourth-order valence-electron chi connectivity index (χ4n) is 1.22. The maximum absolute atomic E-state index is 12.9. The second kappa shape index (κ2) is 6.85. The largest absolute Gasteiger partial charge is 0.460 e. The third-order valence-electron chi connectivity index (χ3n) is 2.04. The molecule has 0 saturated heterocycles. The molecule has 0 saturated carbocycles. The van der Waals surface area contributed by atoms with Crippen LogP contribution in [-0.4, -0.2) is 25.8 Å². The molecule has 0 aliphatic heterocycles. The second-order valence-electron chi connectivity index (χ2n) is 3.48. The van der Waals surface area contributed by atoms with Crippen LogP contribution < -0.4 is 5.73 Å². The first-order valence-corrected chi connectivity index (χ1v) is 5.45. The van der Waals surface area contributed by atoms with Crippen molar-refractivity contribution in [3.05, 3.63) is 29.6 Å². The number of nitrogens with two attached hydrogens (primary N) is 1. The number of ether oxygens (including phenoxy) is 2. The molecule has 94 valence electrons. The lowest BCUT2D eigenvalue weighted by Crippen LogP contribution is -2.13. The van der Waals surface area contributed by atoms with E-state index in [4.69, 9.17) is 15.2 Å². The van der Waals surface area contributed by atoms with Gasteiger partial charge in [0, 0.05) is 12.3 Å². The van der Waals surface area contributed by atoms with Gasteiger partial charge in [-0.05, 0) is 24.6 Å². The topological polar surface area (TPSA) is 61.5 Å². The molecule has 4 nitrogen and oxygen atoms in total. The molecule has 0 amide bonds. The van der Waals surface area contributed by atoms with Crippen LogP contribution in [-0.2, 0) is 9.47 Å².